The molecule has 1 amide bonds. The third kappa shape index (κ3) is 3.80. The Morgan fingerprint density at radius 3 is 2.92 bits per heavy atom. The first-order valence-corrected chi connectivity index (χ1v) is 8.41. The highest BCUT2D eigenvalue weighted by Crippen LogP contribution is 2.28. The second-order valence-electron chi connectivity index (χ2n) is 5.89. The molecule has 0 aliphatic carbocycles. The minimum absolute atomic E-state index is 0.0379. The summed E-state index contributed by atoms with van der Waals surface area (Å²) in [6, 6.07) is 9.15. The molecule has 26 heavy (non-hydrogen) atoms. The highest BCUT2D eigenvalue weighted by Gasteiger charge is 2.17. The number of aromatic nitrogens is 2. The molecule has 4 N–H and O–H groups in total. The summed E-state index contributed by atoms with van der Waals surface area (Å²) in [7, 11) is 1.84. The van der Waals surface area contributed by atoms with Crippen LogP contribution in [-0.2, 0) is 7.05 Å². The van der Waals surface area contributed by atoms with Crippen LogP contribution in [0.4, 0.5) is 11.5 Å². The molecule has 0 fully saturated rings. The summed E-state index contributed by atoms with van der Waals surface area (Å²) >= 11 is 6.02. The Labute approximate surface area is 155 Å². The van der Waals surface area contributed by atoms with E-state index in [-0.39, 0.29) is 12.5 Å². The number of carbonyl (C=O) groups is 1. The number of halogens is 1. The van der Waals surface area contributed by atoms with E-state index in [0.29, 0.717) is 21.9 Å². The molecule has 2 aromatic heterocycles. The van der Waals surface area contributed by atoms with Gasteiger partial charge in [-0.25, -0.2) is 4.98 Å². The van der Waals surface area contributed by atoms with Crippen LogP contribution in [-0.4, -0.2) is 44.9 Å². The van der Waals surface area contributed by atoms with Crippen LogP contribution >= 0.6 is 11.6 Å². The fraction of sp³-hybridized carbons (Fsp3) is 0.222. The van der Waals surface area contributed by atoms with E-state index in [4.69, 9.17) is 16.7 Å². The molecule has 1 atom stereocenters. The molecular weight excluding hydrogens is 356 g/mol. The lowest BCUT2D eigenvalue weighted by Crippen LogP contribution is -2.34. The summed E-state index contributed by atoms with van der Waals surface area (Å²) in [5, 5.41) is 25.5. The van der Waals surface area contributed by atoms with Gasteiger partial charge in [-0.1, -0.05) is 17.7 Å². The predicted octanol–water partition coefficient (Wildman–Crippen LogP) is 2.05. The third-order valence-corrected chi connectivity index (χ3v) is 4.18. The zero-order chi connectivity index (χ0) is 18.7. The van der Waals surface area contributed by atoms with E-state index in [1.807, 2.05) is 36.0 Å². The van der Waals surface area contributed by atoms with Crippen LogP contribution in [0.2, 0.25) is 5.02 Å². The molecule has 0 spiro atoms. The molecule has 0 bridgehead atoms. The zero-order valence-electron chi connectivity index (χ0n) is 14.1. The first-order chi connectivity index (χ1) is 12.5. The Hall–Kier alpha value is -2.61. The van der Waals surface area contributed by atoms with Crippen LogP contribution in [0.5, 0.6) is 0 Å². The van der Waals surface area contributed by atoms with Gasteiger partial charge in [-0.3, -0.25) is 4.79 Å². The first kappa shape index (κ1) is 18.2. The van der Waals surface area contributed by atoms with Crippen LogP contribution in [0, 0.1) is 0 Å². The Bertz CT molecular complexity index is 941. The predicted molar refractivity (Wildman–Crippen MR) is 101 cm³/mol. The number of amides is 1. The number of hydrogen-bond acceptors (Lipinski definition) is 5. The van der Waals surface area contributed by atoms with Gasteiger partial charge in [0.1, 0.15) is 5.82 Å². The number of nitrogens with one attached hydrogen (secondary N) is 2. The van der Waals surface area contributed by atoms with Gasteiger partial charge in [-0.15, -0.1) is 0 Å². The van der Waals surface area contributed by atoms with E-state index in [2.05, 4.69) is 15.6 Å². The maximum absolute atomic E-state index is 12.4. The molecule has 0 aliphatic rings. The molecule has 8 heteroatoms. The van der Waals surface area contributed by atoms with E-state index in [1.165, 1.54) is 6.20 Å². The van der Waals surface area contributed by atoms with Gasteiger partial charge in [0, 0.05) is 42.1 Å². The summed E-state index contributed by atoms with van der Waals surface area (Å²) in [4.78, 5) is 16.8. The van der Waals surface area contributed by atoms with E-state index >= 15 is 0 Å². The fourth-order valence-electron chi connectivity index (χ4n) is 2.65. The van der Waals surface area contributed by atoms with Crippen molar-refractivity contribution in [3.63, 3.8) is 0 Å². The van der Waals surface area contributed by atoms with Gasteiger partial charge in [-0.05, 0) is 24.3 Å². The largest absolute Gasteiger partial charge is 0.394 e. The van der Waals surface area contributed by atoms with Crippen molar-refractivity contribution in [2.45, 2.75) is 6.10 Å². The van der Waals surface area contributed by atoms with Crippen molar-refractivity contribution in [3.8, 4) is 0 Å². The van der Waals surface area contributed by atoms with Gasteiger partial charge in [-0.2, -0.15) is 0 Å². The van der Waals surface area contributed by atoms with Gasteiger partial charge >= 0.3 is 0 Å². The molecule has 7 nitrogen and oxygen atoms in total. The number of aryl methyl sites for hydroxylation is 1. The third-order valence-electron chi connectivity index (χ3n) is 3.95. The minimum Gasteiger partial charge on any atom is -0.394 e. The van der Waals surface area contributed by atoms with Crippen molar-refractivity contribution in [1.29, 1.82) is 0 Å². The summed E-state index contributed by atoms with van der Waals surface area (Å²) < 4.78 is 1.83. The molecule has 1 aromatic carbocycles. The fourth-order valence-corrected chi connectivity index (χ4v) is 2.85. The topological polar surface area (TPSA) is 99.4 Å². The van der Waals surface area contributed by atoms with Crippen molar-refractivity contribution in [2.75, 3.05) is 18.5 Å². The van der Waals surface area contributed by atoms with Crippen molar-refractivity contribution in [2.24, 2.45) is 7.05 Å². The maximum Gasteiger partial charge on any atom is 0.255 e. The highest BCUT2D eigenvalue weighted by molar-refractivity contribution is 6.30. The van der Waals surface area contributed by atoms with Crippen molar-refractivity contribution in [1.82, 2.24) is 14.9 Å². The lowest BCUT2D eigenvalue weighted by Gasteiger charge is -2.13. The Balaban J connectivity index is 1.93. The molecule has 136 valence electrons. The normalized spacial score (nSPS) is 12.2. The molecule has 3 rings (SSSR count). The average molecular weight is 375 g/mol. The number of benzene rings is 1. The number of aliphatic hydroxyl groups excluding tert-OH is 2. The number of pyridine rings is 1. The number of aliphatic hydroxyl groups is 2. The second kappa shape index (κ2) is 7.74. The van der Waals surface area contributed by atoms with Crippen LogP contribution in [0.25, 0.3) is 10.9 Å². The van der Waals surface area contributed by atoms with Crippen LogP contribution in [0.15, 0.2) is 42.7 Å². The number of anilines is 2. The van der Waals surface area contributed by atoms with Crippen LogP contribution in [0.3, 0.4) is 0 Å². The smallest absolute Gasteiger partial charge is 0.255 e. The first-order valence-electron chi connectivity index (χ1n) is 8.03. The number of nitrogens with zero attached hydrogens (tertiary/aromatic N) is 2. The maximum atomic E-state index is 12.4. The van der Waals surface area contributed by atoms with Crippen molar-refractivity contribution < 1.29 is 15.0 Å². The SMILES string of the molecule is Cn1ccc2c(Nc3cccc(Cl)c3)ncc(C(=O)NC[C@H](O)CO)c21. The number of rotatable bonds is 6. The molecule has 2 heterocycles. The molecule has 0 unspecified atom stereocenters. The minimum atomic E-state index is -1.00. The van der Waals surface area contributed by atoms with Crippen molar-refractivity contribution in [3.05, 3.63) is 53.3 Å². The van der Waals surface area contributed by atoms with E-state index in [9.17, 15) is 9.90 Å². The van der Waals surface area contributed by atoms with Crippen LogP contribution < -0.4 is 10.6 Å². The van der Waals surface area contributed by atoms with Crippen molar-refractivity contribution >= 4 is 39.9 Å². The number of carbonyl (C=O) groups excluding carboxylic acids is 1. The lowest BCUT2D eigenvalue weighted by molar-refractivity contribution is 0.0802. The standard InChI is InChI=1S/C18H19ClN4O3/c1-23-6-5-14-16(23)15(18(26)21-8-13(25)10-24)9-20-17(14)22-12-4-2-3-11(19)7-12/h2-7,9,13,24-25H,8,10H2,1H3,(H,20,22)(H,21,26)/t13-/m0/s1. The summed E-state index contributed by atoms with van der Waals surface area (Å²) in [5.41, 5.74) is 1.88. The van der Waals surface area contributed by atoms with Gasteiger partial charge in [0.05, 0.1) is 23.8 Å². The highest BCUT2D eigenvalue weighted by atomic mass is 35.5. The Kier molecular flexibility index (Phi) is 5.41. The summed E-state index contributed by atoms with van der Waals surface area (Å²) in [6.07, 6.45) is 2.32. The summed E-state index contributed by atoms with van der Waals surface area (Å²) in [6.45, 7) is -0.454. The van der Waals surface area contributed by atoms with E-state index in [1.54, 1.807) is 12.1 Å². The zero-order valence-corrected chi connectivity index (χ0v) is 14.9. The Morgan fingerprint density at radius 1 is 1.38 bits per heavy atom. The van der Waals surface area contributed by atoms with Gasteiger partial charge in [0.2, 0.25) is 0 Å². The second-order valence-corrected chi connectivity index (χ2v) is 6.33. The molecule has 0 aliphatic heterocycles. The van der Waals surface area contributed by atoms with Gasteiger partial charge < -0.3 is 25.4 Å². The van der Waals surface area contributed by atoms with Gasteiger partial charge in [0.15, 0.2) is 0 Å². The number of fused-ring (bicyclic) bond motifs is 1. The number of hydrogen-bond donors (Lipinski definition) is 4. The Morgan fingerprint density at radius 2 is 2.19 bits per heavy atom. The molecule has 0 saturated heterocycles. The molecule has 0 radical (unpaired) electrons. The summed E-state index contributed by atoms with van der Waals surface area (Å²) in [5.74, 6) is 0.237. The molecule has 3 aromatic rings. The molecular formula is C18H19ClN4O3. The van der Waals surface area contributed by atoms with E-state index in [0.717, 1.165) is 11.1 Å². The van der Waals surface area contributed by atoms with Crippen LogP contribution in [0.1, 0.15) is 10.4 Å². The monoisotopic (exact) mass is 374 g/mol. The quantitative estimate of drug-likeness (QED) is 0.529. The average Bonchev–Trinajstić information content (AvgIpc) is 3.02. The van der Waals surface area contributed by atoms with Gasteiger partial charge in [0.25, 0.3) is 5.91 Å². The van der Waals surface area contributed by atoms with E-state index < -0.39 is 12.7 Å². The lowest BCUT2D eigenvalue weighted by atomic mass is 10.1. The molecule has 0 saturated carbocycles.